The van der Waals surface area contributed by atoms with Crippen LogP contribution in [0.25, 0.3) is 10.8 Å². The molecule has 0 heterocycles. The van der Waals surface area contributed by atoms with Crippen LogP contribution in [0.4, 0.5) is 0 Å². The second kappa shape index (κ2) is 5.96. The lowest BCUT2D eigenvalue weighted by Gasteiger charge is -2.31. The summed E-state index contributed by atoms with van der Waals surface area (Å²) in [5.74, 6) is 0.0765. The first-order valence-corrected chi connectivity index (χ1v) is 7.72. The van der Waals surface area contributed by atoms with Gasteiger partial charge < -0.3 is 4.90 Å². The maximum Gasteiger partial charge on any atom is 0.255 e. The Balaban J connectivity index is 2.52. The Morgan fingerprint density at radius 3 is 2.20 bits per heavy atom. The lowest BCUT2D eigenvalue weighted by Crippen LogP contribution is -2.42. The second-order valence-corrected chi connectivity index (χ2v) is 6.34. The summed E-state index contributed by atoms with van der Waals surface area (Å²) in [7, 11) is 0. The van der Waals surface area contributed by atoms with Crippen LogP contribution in [0.3, 0.4) is 0 Å². The third kappa shape index (κ3) is 2.73. The maximum atomic E-state index is 12.8. The summed E-state index contributed by atoms with van der Waals surface area (Å²) in [5, 5.41) is 2.21. The molecule has 0 aromatic heterocycles. The molecule has 1 amide bonds. The fourth-order valence-corrected chi connectivity index (χ4v) is 3.27. The second-order valence-electron chi connectivity index (χ2n) is 5.55. The monoisotopic (exact) mass is 333 g/mol. The number of rotatable bonds is 3. The van der Waals surface area contributed by atoms with Crippen molar-refractivity contribution >= 4 is 32.6 Å². The van der Waals surface area contributed by atoms with Crippen molar-refractivity contribution < 1.29 is 4.79 Å². The number of halogens is 1. The molecule has 2 aromatic rings. The van der Waals surface area contributed by atoms with E-state index in [1.807, 2.05) is 62.9 Å². The molecule has 20 heavy (non-hydrogen) atoms. The summed E-state index contributed by atoms with van der Waals surface area (Å²) in [6.45, 7) is 8.19. The van der Waals surface area contributed by atoms with E-state index in [9.17, 15) is 4.79 Å². The van der Waals surface area contributed by atoms with Gasteiger partial charge in [0, 0.05) is 16.6 Å². The highest BCUT2D eigenvalue weighted by molar-refractivity contribution is 9.10. The molecule has 0 spiro atoms. The number of amides is 1. The topological polar surface area (TPSA) is 20.3 Å². The summed E-state index contributed by atoms with van der Waals surface area (Å²) in [5.41, 5.74) is 0.728. The normalized spacial score (nSPS) is 11.3. The molecule has 0 saturated carbocycles. The standard InChI is InChI=1S/C17H20BrNO/c1-11(2)19(12(3)4)17(20)15-10-9-13-7-5-6-8-14(13)16(15)18/h5-12H,1-4H3. The van der Waals surface area contributed by atoms with Crippen molar-refractivity contribution in [3.05, 3.63) is 46.4 Å². The molecular formula is C17H20BrNO. The maximum absolute atomic E-state index is 12.8. The molecule has 0 aliphatic rings. The lowest BCUT2D eigenvalue weighted by molar-refractivity contribution is 0.0643. The van der Waals surface area contributed by atoms with Gasteiger partial charge in [0.05, 0.1) is 5.56 Å². The highest BCUT2D eigenvalue weighted by atomic mass is 79.9. The molecule has 0 N–H and O–H groups in total. The number of hydrogen-bond donors (Lipinski definition) is 0. The van der Waals surface area contributed by atoms with Crippen molar-refractivity contribution in [3.8, 4) is 0 Å². The zero-order chi connectivity index (χ0) is 14.9. The van der Waals surface area contributed by atoms with Crippen LogP contribution in [-0.4, -0.2) is 22.9 Å². The molecule has 0 radical (unpaired) electrons. The van der Waals surface area contributed by atoms with Crippen molar-refractivity contribution in [3.63, 3.8) is 0 Å². The minimum atomic E-state index is 0.0765. The number of fused-ring (bicyclic) bond motifs is 1. The number of carbonyl (C=O) groups excluding carboxylic acids is 1. The van der Waals surface area contributed by atoms with Crippen LogP contribution in [0, 0.1) is 0 Å². The van der Waals surface area contributed by atoms with Crippen LogP contribution in [0.1, 0.15) is 38.1 Å². The minimum absolute atomic E-state index is 0.0765. The summed E-state index contributed by atoms with van der Waals surface area (Å²) in [6.07, 6.45) is 0. The van der Waals surface area contributed by atoms with Crippen molar-refractivity contribution in [2.24, 2.45) is 0 Å². The first-order valence-electron chi connectivity index (χ1n) is 6.93. The zero-order valence-electron chi connectivity index (χ0n) is 12.4. The van der Waals surface area contributed by atoms with Crippen molar-refractivity contribution in [1.29, 1.82) is 0 Å². The Bertz CT molecular complexity index is 626. The third-order valence-electron chi connectivity index (χ3n) is 3.44. The van der Waals surface area contributed by atoms with E-state index in [2.05, 4.69) is 22.0 Å². The van der Waals surface area contributed by atoms with Gasteiger partial charge in [-0.15, -0.1) is 0 Å². The Hall–Kier alpha value is -1.35. The van der Waals surface area contributed by atoms with Gasteiger partial charge in [0.1, 0.15) is 0 Å². The highest BCUT2D eigenvalue weighted by Crippen LogP contribution is 2.29. The van der Waals surface area contributed by atoms with Crippen LogP contribution in [0.5, 0.6) is 0 Å². The van der Waals surface area contributed by atoms with E-state index in [1.165, 1.54) is 0 Å². The Labute approximate surface area is 128 Å². The highest BCUT2D eigenvalue weighted by Gasteiger charge is 2.23. The van der Waals surface area contributed by atoms with E-state index in [0.717, 1.165) is 20.8 Å². The van der Waals surface area contributed by atoms with E-state index in [-0.39, 0.29) is 18.0 Å². The fraction of sp³-hybridized carbons (Fsp3) is 0.353. The van der Waals surface area contributed by atoms with Gasteiger partial charge in [-0.2, -0.15) is 0 Å². The van der Waals surface area contributed by atoms with Crippen molar-refractivity contribution in [2.45, 2.75) is 39.8 Å². The number of nitrogens with zero attached hydrogens (tertiary/aromatic N) is 1. The van der Waals surface area contributed by atoms with Crippen LogP contribution < -0.4 is 0 Å². The molecule has 0 unspecified atom stereocenters. The molecule has 2 nitrogen and oxygen atoms in total. The average molecular weight is 334 g/mol. The van der Waals surface area contributed by atoms with Gasteiger partial charge in [-0.25, -0.2) is 0 Å². The SMILES string of the molecule is CC(C)N(C(=O)c1ccc2ccccc2c1Br)C(C)C. The lowest BCUT2D eigenvalue weighted by atomic mass is 10.0. The van der Waals surface area contributed by atoms with Gasteiger partial charge >= 0.3 is 0 Å². The van der Waals surface area contributed by atoms with Gasteiger partial charge in [0.15, 0.2) is 0 Å². The molecule has 0 saturated heterocycles. The summed E-state index contributed by atoms with van der Waals surface area (Å²) in [4.78, 5) is 14.7. The van der Waals surface area contributed by atoms with E-state index < -0.39 is 0 Å². The number of benzene rings is 2. The van der Waals surface area contributed by atoms with Gasteiger partial charge in [-0.05, 0) is 60.5 Å². The van der Waals surface area contributed by atoms with E-state index in [0.29, 0.717) is 0 Å². The average Bonchev–Trinajstić information content (AvgIpc) is 2.38. The van der Waals surface area contributed by atoms with Crippen LogP contribution in [0.2, 0.25) is 0 Å². The number of hydrogen-bond acceptors (Lipinski definition) is 1. The van der Waals surface area contributed by atoms with Gasteiger partial charge in [-0.1, -0.05) is 30.3 Å². The Morgan fingerprint density at radius 1 is 1.00 bits per heavy atom. The van der Waals surface area contributed by atoms with Crippen molar-refractivity contribution in [2.75, 3.05) is 0 Å². The van der Waals surface area contributed by atoms with Crippen LogP contribution in [-0.2, 0) is 0 Å². The first-order chi connectivity index (χ1) is 9.43. The van der Waals surface area contributed by atoms with Gasteiger partial charge in [0.2, 0.25) is 0 Å². The molecule has 2 rings (SSSR count). The zero-order valence-corrected chi connectivity index (χ0v) is 13.9. The third-order valence-corrected chi connectivity index (χ3v) is 4.30. The summed E-state index contributed by atoms with van der Waals surface area (Å²) >= 11 is 3.60. The quantitative estimate of drug-likeness (QED) is 0.785. The Morgan fingerprint density at radius 2 is 1.60 bits per heavy atom. The smallest absolute Gasteiger partial charge is 0.255 e. The molecule has 0 atom stereocenters. The van der Waals surface area contributed by atoms with Crippen molar-refractivity contribution in [1.82, 2.24) is 4.90 Å². The predicted molar refractivity (Wildman–Crippen MR) is 88.1 cm³/mol. The molecule has 3 heteroatoms. The van der Waals surface area contributed by atoms with Crippen LogP contribution >= 0.6 is 15.9 Å². The molecule has 106 valence electrons. The predicted octanol–water partition coefficient (Wildman–Crippen LogP) is 4.86. The summed E-state index contributed by atoms with van der Waals surface area (Å²) < 4.78 is 0.881. The molecule has 0 bridgehead atoms. The molecule has 0 aliphatic carbocycles. The fourth-order valence-electron chi connectivity index (χ4n) is 2.60. The minimum Gasteiger partial charge on any atom is -0.334 e. The van der Waals surface area contributed by atoms with Crippen LogP contribution in [0.15, 0.2) is 40.9 Å². The Kier molecular flexibility index (Phi) is 4.48. The summed E-state index contributed by atoms with van der Waals surface area (Å²) in [6, 6.07) is 12.4. The van der Waals surface area contributed by atoms with E-state index >= 15 is 0 Å². The molecule has 0 fully saturated rings. The molecular weight excluding hydrogens is 314 g/mol. The van der Waals surface area contributed by atoms with Gasteiger partial charge in [-0.3, -0.25) is 4.79 Å². The number of carbonyl (C=O) groups is 1. The molecule has 0 aliphatic heterocycles. The first kappa shape index (κ1) is 15.0. The largest absolute Gasteiger partial charge is 0.334 e. The van der Waals surface area contributed by atoms with E-state index in [4.69, 9.17) is 0 Å². The van der Waals surface area contributed by atoms with E-state index in [1.54, 1.807) is 0 Å². The van der Waals surface area contributed by atoms with Gasteiger partial charge in [0.25, 0.3) is 5.91 Å². The molecule has 2 aromatic carbocycles.